The zero-order valence-corrected chi connectivity index (χ0v) is 12.4. The summed E-state index contributed by atoms with van der Waals surface area (Å²) < 4.78 is 5.25. The molecule has 2 aromatic carbocycles. The summed E-state index contributed by atoms with van der Waals surface area (Å²) in [4.78, 5) is 11.5. The Morgan fingerprint density at radius 3 is 2.52 bits per heavy atom. The Kier molecular flexibility index (Phi) is 5.19. The molecule has 0 aliphatic carbocycles. The topological polar surface area (TPSA) is 78.4 Å². The van der Waals surface area contributed by atoms with Gasteiger partial charge in [-0.25, -0.2) is 0 Å². The molecule has 0 unspecified atom stereocenters. The van der Waals surface area contributed by atoms with Crippen molar-refractivity contribution in [1.82, 2.24) is 0 Å². The SMILES string of the molecule is COc1ccc([N+](=O)[O-])cc1CSc1ccc(CN)cc1. The van der Waals surface area contributed by atoms with Crippen LogP contribution in [0.4, 0.5) is 5.69 Å². The minimum atomic E-state index is -0.399. The fourth-order valence-electron chi connectivity index (χ4n) is 1.87. The minimum absolute atomic E-state index is 0.0740. The van der Waals surface area contributed by atoms with Crippen LogP contribution in [0.25, 0.3) is 0 Å². The van der Waals surface area contributed by atoms with E-state index in [4.69, 9.17) is 10.5 Å². The first-order valence-corrected chi connectivity index (χ1v) is 7.35. The third-order valence-electron chi connectivity index (χ3n) is 3.03. The Hall–Kier alpha value is -2.05. The summed E-state index contributed by atoms with van der Waals surface area (Å²) in [6.45, 7) is 0.518. The number of hydrogen-bond acceptors (Lipinski definition) is 5. The largest absolute Gasteiger partial charge is 0.496 e. The van der Waals surface area contributed by atoms with Gasteiger partial charge in [0.2, 0.25) is 0 Å². The number of nitro groups is 1. The molecule has 110 valence electrons. The van der Waals surface area contributed by atoms with Gasteiger partial charge < -0.3 is 10.5 Å². The highest BCUT2D eigenvalue weighted by Gasteiger charge is 2.11. The van der Waals surface area contributed by atoms with Crippen LogP contribution >= 0.6 is 11.8 Å². The summed E-state index contributed by atoms with van der Waals surface area (Å²) in [5.74, 6) is 1.26. The second-order valence-corrected chi connectivity index (χ2v) is 5.44. The molecule has 21 heavy (non-hydrogen) atoms. The molecule has 0 aromatic heterocycles. The predicted molar refractivity (Wildman–Crippen MR) is 83.5 cm³/mol. The first-order valence-electron chi connectivity index (χ1n) is 6.37. The average molecular weight is 304 g/mol. The second kappa shape index (κ2) is 7.10. The molecule has 0 saturated carbocycles. The van der Waals surface area contributed by atoms with Gasteiger partial charge in [0, 0.05) is 34.9 Å². The minimum Gasteiger partial charge on any atom is -0.496 e. The van der Waals surface area contributed by atoms with E-state index in [1.807, 2.05) is 24.3 Å². The number of methoxy groups -OCH3 is 1. The van der Waals surface area contributed by atoms with Crippen molar-refractivity contribution in [1.29, 1.82) is 0 Å². The highest BCUT2D eigenvalue weighted by atomic mass is 32.2. The maximum absolute atomic E-state index is 10.8. The zero-order valence-electron chi connectivity index (χ0n) is 11.6. The third kappa shape index (κ3) is 3.96. The standard InChI is InChI=1S/C15H16N2O3S/c1-20-15-7-4-13(17(18)19)8-12(15)10-21-14-5-2-11(9-16)3-6-14/h2-8H,9-10,16H2,1H3. The Balaban J connectivity index is 2.13. The lowest BCUT2D eigenvalue weighted by molar-refractivity contribution is -0.384. The first-order chi connectivity index (χ1) is 10.1. The first kappa shape index (κ1) is 15.3. The molecule has 2 N–H and O–H groups in total. The van der Waals surface area contributed by atoms with Crippen LogP contribution in [-0.4, -0.2) is 12.0 Å². The number of nitro benzene ring substituents is 1. The maximum Gasteiger partial charge on any atom is 0.270 e. The van der Waals surface area contributed by atoms with E-state index in [1.54, 1.807) is 31.0 Å². The zero-order chi connectivity index (χ0) is 15.2. The van der Waals surface area contributed by atoms with Crippen molar-refractivity contribution in [2.75, 3.05) is 7.11 Å². The van der Waals surface area contributed by atoms with Gasteiger partial charge in [0.15, 0.2) is 0 Å². The molecule has 2 aromatic rings. The quantitative estimate of drug-likeness (QED) is 0.503. The lowest BCUT2D eigenvalue weighted by Gasteiger charge is -2.08. The Bertz CT molecular complexity index is 629. The van der Waals surface area contributed by atoms with E-state index in [2.05, 4.69) is 0 Å². The smallest absolute Gasteiger partial charge is 0.270 e. The fraction of sp³-hybridized carbons (Fsp3) is 0.200. The van der Waals surface area contributed by atoms with E-state index in [0.29, 0.717) is 18.0 Å². The molecule has 6 heteroatoms. The van der Waals surface area contributed by atoms with Gasteiger partial charge in [-0.05, 0) is 23.8 Å². The van der Waals surface area contributed by atoms with Gasteiger partial charge in [-0.3, -0.25) is 10.1 Å². The summed E-state index contributed by atoms with van der Waals surface area (Å²) in [7, 11) is 1.56. The number of rotatable bonds is 6. The molecule has 5 nitrogen and oxygen atoms in total. The Labute approximate surface area is 127 Å². The van der Waals surface area contributed by atoms with Gasteiger partial charge in [-0.2, -0.15) is 0 Å². The van der Waals surface area contributed by atoms with Crippen molar-refractivity contribution in [3.8, 4) is 5.75 Å². The Morgan fingerprint density at radius 2 is 1.95 bits per heavy atom. The van der Waals surface area contributed by atoms with Crippen LogP contribution in [0.5, 0.6) is 5.75 Å². The molecular weight excluding hydrogens is 288 g/mol. The van der Waals surface area contributed by atoms with E-state index in [0.717, 1.165) is 16.0 Å². The fourth-order valence-corrected chi connectivity index (χ4v) is 2.75. The van der Waals surface area contributed by atoms with E-state index in [1.165, 1.54) is 6.07 Å². The molecule has 0 atom stereocenters. The van der Waals surface area contributed by atoms with Crippen molar-refractivity contribution in [2.45, 2.75) is 17.2 Å². The van der Waals surface area contributed by atoms with Crippen molar-refractivity contribution in [3.05, 3.63) is 63.7 Å². The highest BCUT2D eigenvalue weighted by molar-refractivity contribution is 7.98. The summed E-state index contributed by atoms with van der Waals surface area (Å²) in [5, 5.41) is 10.8. The van der Waals surface area contributed by atoms with Crippen molar-refractivity contribution >= 4 is 17.4 Å². The van der Waals surface area contributed by atoms with Crippen LogP contribution in [0.2, 0.25) is 0 Å². The molecule has 0 aliphatic heterocycles. The number of nitrogens with two attached hydrogens (primary N) is 1. The monoisotopic (exact) mass is 304 g/mol. The summed E-state index contributed by atoms with van der Waals surface area (Å²) in [5.41, 5.74) is 7.52. The molecule has 0 radical (unpaired) electrons. The van der Waals surface area contributed by atoms with Gasteiger partial charge in [0.25, 0.3) is 5.69 Å². The summed E-state index contributed by atoms with van der Waals surface area (Å²) in [6.07, 6.45) is 0. The third-order valence-corrected chi connectivity index (χ3v) is 4.09. The normalized spacial score (nSPS) is 10.4. The number of benzene rings is 2. The van der Waals surface area contributed by atoms with Crippen molar-refractivity contribution in [3.63, 3.8) is 0 Å². The number of thioether (sulfide) groups is 1. The average Bonchev–Trinajstić information content (AvgIpc) is 2.53. The van der Waals surface area contributed by atoms with Crippen LogP contribution in [0.1, 0.15) is 11.1 Å². The van der Waals surface area contributed by atoms with Gasteiger partial charge in [-0.1, -0.05) is 12.1 Å². The maximum atomic E-state index is 10.8. The summed E-state index contributed by atoms with van der Waals surface area (Å²) >= 11 is 1.60. The van der Waals surface area contributed by atoms with E-state index >= 15 is 0 Å². The molecule has 0 heterocycles. The molecule has 2 rings (SSSR count). The van der Waals surface area contributed by atoms with Crippen LogP contribution in [0.3, 0.4) is 0 Å². The van der Waals surface area contributed by atoms with Gasteiger partial charge >= 0.3 is 0 Å². The molecule has 0 spiro atoms. The van der Waals surface area contributed by atoms with E-state index in [-0.39, 0.29) is 5.69 Å². The van der Waals surface area contributed by atoms with Crippen LogP contribution in [0.15, 0.2) is 47.4 Å². The molecule has 0 fully saturated rings. The molecule has 0 amide bonds. The lowest BCUT2D eigenvalue weighted by atomic mass is 10.2. The van der Waals surface area contributed by atoms with Crippen LogP contribution < -0.4 is 10.5 Å². The molecule has 0 aliphatic rings. The molecular formula is C15H16N2O3S. The lowest BCUT2D eigenvalue weighted by Crippen LogP contribution is -1.95. The van der Waals surface area contributed by atoms with E-state index < -0.39 is 4.92 Å². The second-order valence-electron chi connectivity index (χ2n) is 4.39. The van der Waals surface area contributed by atoms with Gasteiger partial charge in [0.1, 0.15) is 5.75 Å². The van der Waals surface area contributed by atoms with Crippen molar-refractivity contribution in [2.24, 2.45) is 5.73 Å². The predicted octanol–water partition coefficient (Wildman–Crippen LogP) is 3.35. The highest BCUT2D eigenvalue weighted by Crippen LogP contribution is 2.30. The van der Waals surface area contributed by atoms with Crippen molar-refractivity contribution < 1.29 is 9.66 Å². The van der Waals surface area contributed by atoms with E-state index in [9.17, 15) is 10.1 Å². The number of hydrogen-bond donors (Lipinski definition) is 1. The molecule has 0 saturated heterocycles. The van der Waals surface area contributed by atoms with Gasteiger partial charge in [-0.15, -0.1) is 11.8 Å². The Morgan fingerprint density at radius 1 is 1.24 bits per heavy atom. The molecule has 0 bridgehead atoms. The number of ether oxygens (including phenoxy) is 1. The van der Waals surface area contributed by atoms with Crippen LogP contribution in [0, 0.1) is 10.1 Å². The summed E-state index contributed by atoms with van der Waals surface area (Å²) in [6, 6.07) is 12.6. The van der Waals surface area contributed by atoms with Crippen LogP contribution in [-0.2, 0) is 12.3 Å². The number of nitrogens with zero attached hydrogens (tertiary/aromatic N) is 1. The number of non-ortho nitro benzene ring substituents is 1. The van der Waals surface area contributed by atoms with Gasteiger partial charge in [0.05, 0.1) is 12.0 Å².